The molecule has 2 heterocycles. The zero-order valence-electron chi connectivity index (χ0n) is 13.8. The third-order valence-corrected chi connectivity index (χ3v) is 5.20. The Morgan fingerprint density at radius 2 is 2.24 bits per heavy atom. The first-order chi connectivity index (χ1) is 10.0. The highest BCUT2D eigenvalue weighted by Crippen LogP contribution is 2.30. The summed E-state index contributed by atoms with van der Waals surface area (Å²) in [5.74, 6) is 1.52. The van der Waals surface area contributed by atoms with Gasteiger partial charge in [0.1, 0.15) is 0 Å². The summed E-state index contributed by atoms with van der Waals surface area (Å²) in [5, 5.41) is 4.57. The molecular weight excluding hydrogens is 284 g/mol. The van der Waals surface area contributed by atoms with Crippen molar-refractivity contribution in [2.45, 2.75) is 32.9 Å². The van der Waals surface area contributed by atoms with Gasteiger partial charge in [0.25, 0.3) is 0 Å². The molecule has 0 radical (unpaired) electrons. The molecule has 0 bridgehead atoms. The van der Waals surface area contributed by atoms with Crippen LogP contribution in [0.1, 0.15) is 25.1 Å². The quantitative estimate of drug-likeness (QED) is 0.834. The Balaban J connectivity index is 1.81. The molecule has 120 valence electrons. The summed E-state index contributed by atoms with van der Waals surface area (Å²) in [7, 11) is 5.71. The van der Waals surface area contributed by atoms with E-state index >= 15 is 0 Å². The fourth-order valence-corrected chi connectivity index (χ4v) is 3.60. The topological polar surface area (TPSA) is 40.6 Å². The summed E-state index contributed by atoms with van der Waals surface area (Å²) < 4.78 is 5.37. The van der Waals surface area contributed by atoms with E-state index in [2.05, 4.69) is 29.0 Å². The molecule has 6 heteroatoms. The number of methoxy groups -OCH3 is 1. The van der Waals surface area contributed by atoms with Gasteiger partial charge in [0.05, 0.1) is 12.0 Å². The molecule has 1 atom stereocenters. The summed E-state index contributed by atoms with van der Waals surface area (Å²) in [4.78, 5) is 10.2. The van der Waals surface area contributed by atoms with E-state index in [1.807, 2.05) is 19.0 Å². The third kappa shape index (κ3) is 4.31. The Hall–Kier alpha value is -0.850. The van der Waals surface area contributed by atoms with E-state index in [4.69, 9.17) is 4.74 Å². The van der Waals surface area contributed by atoms with Gasteiger partial charge in [-0.2, -0.15) is 4.98 Å². The lowest BCUT2D eigenvalue weighted by molar-refractivity contribution is 0.264. The molecule has 0 saturated carbocycles. The minimum absolute atomic E-state index is 0.666. The first-order valence-electron chi connectivity index (χ1n) is 7.67. The molecule has 5 nitrogen and oxygen atoms in total. The summed E-state index contributed by atoms with van der Waals surface area (Å²) in [5.41, 5.74) is 0. The Kier molecular flexibility index (Phi) is 5.84. The van der Waals surface area contributed by atoms with Gasteiger partial charge < -0.3 is 19.9 Å². The van der Waals surface area contributed by atoms with E-state index < -0.39 is 0 Å². The highest BCUT2D eigenvalue weighted by Gasteiger charge is 2.23. The second kappa shape index (κ2) is 7.42. The van der Waals surface area contributed by atoms with Crippen LogP contribution in [-0.4, -0.2) is 56.8 Å². The van der Waals surface area contributed by atoms with Crippen LogP contribution in [-0.2, 0) is 6.54 Å². The van der Waals surface area contributed by atoms with Crippen molar-refractivity contribution in [2.75, 3.05) is 45.7 Å². The fraction of sp³-hybridized carbons (Fsp3) is 0.800. The van der Waals surface area contributed by atoms with Crippen LogP contribution in [0.2, 0.25) is 0 Å². The largest absolute Gasteiger partial charge is 0.480 e. The van der Waals surface area contributed by atoms with Crippen molar-refractivity contribution >= 4 is 16.5 Å². The van der Waals surface area contributed by atoms with E-state index in [-0.39, 0.29) is 0 Å². The van der Waals surface area contributed by atoms with Crippen molar-refractivity contribution in [1.29, 1.82) is 0 Å². The molecule has 2 rings (SSSR count). The molecule has 1 saturated heterocycles. The van der Waals surface area contributed by atoms with Gasteiger partial charge in [0.15, 0.2) is 5.13 Å². The van der Waals surface area contributed by atoms with E-state index in [9.17, 15) is 0 Å². The van der Waals surface area contributed by atoms with Crippen LogP contribution in [0, 0.1) is 5.92 Å². The van der Waals surface area contributed by atoms with Gasteiger partial charge in [-0.25, -0.2) is 0 Å². The number of rotatable bonds is 7. The van der Waals surface area contributed by atoms with E-state index in [1.165, 1.54) is 24.4 Å². The Morgan fingerprint density at radius 3 is 2.81 bits per heavy atom. The molecule has 21 heavy (non-hydrogen) atoms. The van der Waals surface area contributed by atoms with Crippen molar-refractivity contribution in [3.8, 4) is 5.88 Å². The number of nitrogens with zero attached hydrogens (tertiary/aromatic N) is 3. The Morgan fingerprint density at radius 1 is 1.48 bits per heavy atom. The highest BCUT2D eigenvalue weighted by atomic mass is 32.1. The summed E-state index contributed by atoms with van der Waals surface area (Å²) in [6.45, 7) is 8.92. The van der Waals surface area contributed by atoms with Gasteiger partial charge in [0.2, 0.25) is 5.88 Å². The molecule has 0 spiro atoms. The maximum absolute atomic E-state index is 5.37. The summed E-state index contributed by atoms with van der Waals surface area (Å²) >= 11 is 1.70. The van der Waals surface area contributed by atoms with E-state index in [0.29, 0.717) is 6.04 Å². The lowest BCUT2D eigenvalue weighted by Gasteiger charge is -2.20. The van der Waals surface area contributed by atoms with Crippen molar-refractivity contribution < 1.29 is 4.74 Å². The smallest absolute Gasteiger partial charge is 0.230 e. The van der Waals surface area contributed by atoms with Crippen LogP contribution in [0.15, 0.2) is 0 Å². The second-order valence-corrected chi connectivity index (χ2v) is 7.26. The van der Waals surface area contributed by atoms with E-state index in [0.717, 1.165) is 30.0 Å². The van der Waals surface area contributed by atoms with Gasteiger partial charge >= 0.3 is 0 Å². The molecule has 1 fully saturated rings. The van der Waals surface area contributed by atoms with Crippen molar-refractivity contribution in [1.82, 2.24) is 15.2 Å². The van der Waals surface area contributed by atoms with Gasteiger partial charge in [-0.3, -0.25) is 0 Å². The summed E-state index contributed by atoms with van der Waals surface area (Å²) in [6.07, 6.45) is 1.30. The minimum Gasteiger partial charge on any atom is -0.480 e. The Bertz CT molecular complexity index is 447. The number of aromatic nitrogens is 1. The molecule has 1 N–H and O–H groups in total. The standard InChI is InChI=1S/C15H28N4OS/c1-11(2)19-7-6-12(10-19)8-16-9-13-14(20-5)17-15(21-13)18(3)4/h11-12,16H,6-10H2,1-5H3. The van der Waals surface area contributed by atoms with Crippen molar-refractivity contribution in [2.24, 2.45) is 5.92 Å². The van der Waals surface area contributed by atoms with Crippen LogP contribution in [0.4, 0.5) is 5.13 Å². The number of likely N-dealkylation sites (tertiary alicyclic amines) is 1. The normalized spacial score (nSPS) is 19.4. The molecule has 0 aromatic carbocycles. The monoisotopic (exact) mass is 312 g/mol. The number of thiazole rings is 1. The van der Waals surface area contributed by atoms with Crippen molar-refractivity contribution in [3.05, 3.63) is 4.88 Å². The number of nitrogens with one attached hydrogen (secondary N) is 1. The van der Waals surface area contributed by atoms with Crippen molar-refractivity contribution in [3.63, 3.8) is 0 Å². The number of ether oxygens (including phenoxy) is 1. The van der Waals surface area contributed by atoms with Crippen LogP contribution < -0.4 is 15.0 Å². The maximum Gasteiger partial charge on any atom is 0.230 e. The average Bonchev–Trinajstić information content (AvgIpc) is 3.05. The van der Waals surface area contributed by atoms with Gasteiger partial charge in [0, 0.05) is 33.2 Å². The van der Waals surface area contributed by atoms with E-state index in [1.54, 1.807) is 18.4 Å². The lowest BCUT2D eigenvalue weighted by Crippen LogP contribution is -2.30. The molecule has 1 aliphatic rings. The zero-order valence-corrected chi connectivity index (χ0v) is 14.7. The lowest BCUT2D eigenvalue weighted by atomic mass is 10.1. The third-order valence-electron chi connectivity index (χ3n) is 3.99. The summed E-state index contributed by atoms with van der Waals surface area (Å²) in [6, 6.07) is 0.666. The predicted octanol–water partition coefficient (Wildman–Crippen LogP) is 2.04. The van der Waals surface area contributed by atoms with Crippen LogP contribution in [0.3, 0.4) is 0 Å². The minimum atomic E-state index is 0.666. The molecule has 1 unspecified atom stereocenters. The Labute approximate surface area is 132 Å². The first-order valence-corrected chi connectivity index (χ1v) is 8.48. The maximum atomic E-state index is 5.37. The molecular formula is C15H28N4OS. The van der Waals surface area contributed by atoms with Gasteiger partial charge in [-0.15, -0.1) is 0 Å². The predicted molar refractivity (Wildman–Crippen MR) is 89.5 cm³/mol. The number of hydrogen-bond acceptors (Lipinski definition) is 6. The molecule has 1 aromatic rings. The number of hydrogen-bond donors (Lipinski definition) is 1. The van der Waals surface area contributed by atoms with Crippen LogP contribution in [0.5, 0.6) is 5.88 Å². The van der Waals surface area contributed by atoms with Gasteiger partial charge in [-0.05, 0) is 39.3 Å². The molecule has 1 aliphatic heterocycles. The first kappa shape index (κ1) is 16.5. The number of anilines is 1. The van der Waals surface area contributed by atoms with Crippen LogP contribution >= 0.6 is 11.3 Å². The second-order valence-electron chi connectivity index (χ2n) is 6.20. The van der Waals surface area contributed by atoms with Gasteiger partial charge in [-0.1, -0.05) is 11.3 Å². The zero-order chi connectivity index (χ0) is 15.4. The molecule has 0 amide bonds. The molecule has 0 aliphatic carbocycles. The fourth-order valence-electron chi connectivity index (χ4n) is 2.68. The SMILES string of the molecule is COc1nc(N(C)C)sc1CNCC1CCN(C(C)C)C1. The van der Waals surface area contributed by atoms with Crippen LogP contribution in [0.25, 0.3) is 0 Å². The average molecular weight is 312 g/mol. The highest BCUT2D eigenvalue weighted by molar-refractivity contribution is 7.15. The molecule has 1 aromatic heterocycles.